The molecule has 0 aliphatic rings. The van der Waals surface area contributed by atoms with Gasteiger partial charge in [0, 0.05) is 22.5 Å². The van der Waals surface area contributed by atoms with Gasteiger partial charge in [-0.2, -0.15) is 4.98 Å². The van der Waals surface area contributed by atoms with Gasteiger partial charge in [-0.05, 0) is 55.8 Å². The molecule has 28 heavy (non-hydrogen) atoms. The van der Waals surface area contributed by atoms with E-state index in [9.17, 15) is 0 Å². The van der Waals surface area contributed by atoms with Gasteiger partial charge in [-0.25, -0.2) is 4.98 Å². The van der Waals surface area contributed by atoms with Gasteiger partial charge in [-0.3, -0.25) is 0 Å². The average molecular weight is 399 g/mol. The van der Waals surface area contributed by atoms with Gasteiger partial charge in [0.25, 0.3) is 0 Å². The third kappa shape index (κ3) is 5.50. The maximum absolute atomic E-state index is 6.08. The van der Waals surface area contributed by atoms with Gasteiger partial charge in [0.1, 0.15) is 23.9 Å². The molecule has 0 fully saturated rings. The summed E-state index contributed by atoms with van der Waals surface area (Å²) in [6.07, 6.45) is 0. The molecule has 3 rings (SSSR count). The number of benzene rings is 2. The van der Waals surface area contributed by atoms with Gasteiger partial charge in [-0.15, -0.1) is 0 Å². The summed E-state index contributed by atoms with van der Waals surface area (Å²) in [5, 5.41) is 7.16. The van der Waals surface area contributed by atoms with Crippen LogP contribution in [0.5, 0.6) is 11.5 Å². The lowest BCUT2D eigenvalue weighted by Crippen LogP contribution is -2.13. The van der Waals surface area contributed by atoms with E-state index in [0.717, 1.165) is 34.3 Å². The van der Waals surface area contributed by atoms with Gasteiger partial charge in [0.2, 0.25) is 5.95 Å². The first-order chi connectivity index (χ1) is 13.5. The molecule has 1 heterocycles. The Hall–Kier alpha value is -2.99. The van der Waals surface area contributed by atoms with Crippen LogP contribution >= 0.6 is 11.6 Å². The van der Waals surface area contributed by atoms with Gasteiger partial charge in [0.05, 0.1) is 13.7 Å². The number of hydrogen-bond donors (Lipinski definition) is 2. The second kappa shape index (κ2) is 9.28. The first-order valence-corrected chi connectivity index (χ1v) is 9.31. The van der Waals surface area contributed by atoms with Crippen LogP contribution in [0.3, 0.4) is 0 Å². The molecule has 0 radical (unpaired) electrons. The van der Waals surface area contributed by atoms with E-state index in [1.54, 1.807) is 7.11 Å². The van der Waals surface area contributed by atoms with Crippen molar-refractivity contribution in [1.82, 2.24) is 9.97 Å². The molecule has 0 atom stereocenters. The van der Waals surface area contributed by atoms with Gasteiger partial charge in [-0.1, -0.05) is 17.7 Å². The summed E-state index contributed by atoms with van der Waals surface area (Å²) < 4.78 is 10.9. The monoisotopic (exact) mass is 398 g/mol. The maximum atomic E-state index is 6.08. The Morgan fingerprint density at radius 3 is 2.46 bits per heavy atom. The molecule has 1 aromatic heterocycles. The number of aromatic nitrogens is 2. The molecule has 0 aliphatic heterocycles. The Balaban J connectivity index is 1.57. The Labute approximate surface area is 169 Å². The van der Waals surface area contributed by atoms with Crippen molar-refractivity contribution in [3.8, 4) is 11.5 Å². The van der Waals surface area contributed by atoms with E-state index in [0.29, 0.717) is 24.1 Å². The highest BCUT2D eigenvalue weighted by Crippen LogP contribution is 2.23. The number of nitrogens with zero attached hydrogens (tertiary/aromatic N) is 2. The Morgan fingerprint density at radius 2 is 1.71 bits per heavy atom. The van der Waals surface area contributed by atoms with Gasteiger partial charge < -0.3 is 20.1 Å². The minimum Gasteiger partial charge on any atom is -0.497 e. The number of nitrogens with one attached hydrogen (secondary N) is 2. The summed E-state index contributed by atoms with van der Waals surface area (Å²) in [4.78, 5) is 8.96. The summed E-state index contributed by atoms with van der Waals surface area (Å²) in [5.74, 6) is 2.84. The molecule has 2 N–H and O–H groups in total. The lowest BCUT2D eigenvalue weighted by molar-refractivity contribution is 0.331. The molecular weight excluding hydrogens is 376 g/mol. The Bertz CT molecular complexity index is 932. The van der Waals surface area contributed by atoms with E-state index < -0.39 is 0 Å². The largest absolute Gasteiger partial charge is 0.497 e. The van der Waals surface area contributed by atoms with Crippen LogP contribution in [0.15, 0.2) is 48.5 Å². The highest BCUT2D eigenvalue weighted by atomic mass is 35.5. The first-order valence-electron chi connectivity index (χ1n) is 8.93. The normalized spacial score (nSPS) is 10.4. The molecule has 0 saturated carbocycles. The summed E-state index contributed by atoms with van der Waals surface area (Å²) in [7, 11) is 1.64. The molecule has 2 aromatic carbocycles. The molecule has 146 valence electrons. The van der Waals surface area contributed by atoms with Crippen molar-refractivity contribution in [1.29, 1.82) is 0 Å². The number of halogens is 1. The number of hydrogen-bond acceptors (Lipinski definition) is 6. The predicted octanol–water partition coefficient (Wildman–Crippen LogP) is 4.99. The fraction of sp³-hybridized carbons (Fsp3) is 0.238. The number of rotatable bonds is 8. The fourth-order valence-electron chi connectivity index (χ4n) is 2.58. The van der Waals surface area contributed by atoms with Crippen molar-refractivity contribution in [2.24, 2.45) is 0 Å². The van der Waals surface area contributed by atoms with Crippen molar-refractivity contribution < 1.29 is 9.47 Å². The zero-order valence-electron chi connectivity index (χ0n) is 16.1. The first kappa shape index (κ1) is 19.8. The highest BCUT2D eigenvalue weighted by molar-refractivity contribution is 6.30. The zero-order chi connectivity index (χ0) is 19.9. The number of anilines is 3. The van der Waals surface area contributed by atoms with E-state index in [1.165, 1.54) is 0 Å². The molecule has 0 bridgehead atoms. The second-order valence-corrected chi connectivity index (χ2v) is 6.69. The van der Waals surface area contributed by atoms with Crippen LogP contribution in [-0.4, -0.2) is 30.2 Å². The smallest absolute Gasteiger partial charge is 0.229 e. The Kier molecular flexibility index (Phi) is 6.55. The highest BCUT2D eigenvalue weighted by Gasteiger charge is 2.06. The standard InChI is InChI=1S/C21H23ClN4O2/c1-14-4-5-16(22)13-19(14)25-21-24-15(2)12-20(26-21)23-10-11-28-18-8-6-17(27-3)7-9-18/h4-9,12-13H,10-11H2,1-3H3,(H2,23,24,25,26). The number of ether oxygens (including phenoxy) is 2. The third-order valence-corrected chi connectivity index (χ3v) is 4.27. The average Bonchev–Trinajstić information content (AvgIpc) is 2.68. The molecule has 0 aliphatic carbocycles. The predicted molar refractivity (Wildman–Crippen MR) is 113 cm³/mol. The maximum Gasteiger partial charge on any atom is 0.229 e. The molecule has 0 unspecified atom stereocenters. The zero-order valence-corrected chi connectivity index (χ0v) is 16.9. The molecule has 0 amide bonds. The van der Waals surface area contributed by atoms with E-state index in [1.807, 2.05) is 62.4 Å². The molecule has 0 saturated heterocycles. The number of methoxy groups -OCH3 is 1. The molecule has 7 heteroatoms. The topological polar surface area (TPSA) is 68.3 Å². The van der Waals surface area contributed by atoms with Crippen LogP contribution in [0.1, 0.15) is 11.3 Å². The van der Waals surface area contributed by atoms with Crippen LogP contribution in [-0.2, 0) is 0 Å². The molecular formula is C21H23ClN4O2. The van der Waals surface area contributed by atoms with Crippen molar-refractivity contribution in [2.45, 2.75) is 13.8 Å². The quantitative estimate of drug-likeness (QED) is 0.521. The summed E-state index contributed by atoms with van der Waals surface area (Å²) in [6.45, 7) is 5.05. The van der Waals surface area contributed by atoms with Gasteiger partial charge in [0.15, 0.2) is 0 Å². The SMILES string of the molecule is COc1ccc(OCCNc2cc(C)nc(Nc3cc(Cl)ccc3C)n2)cc1. The fourth-order valence-corrected chi connectivity index (χ4v) is 2.76. The van der Waals surface area contributed by atoms with E-state index in [-0.39, 0.29) is 0 Å². The van der Waals surface area contributed by atoms with Crippen molar-refractivity contribution in [2.75, 3.05) is 30.9 Å². The van der Waals surface area contributed by atoms with Crippen LogP contribution < -0.4 is 20.1 Å². The lowest BCUT2D eigenvalue weighted by Gasteiger charge is -2.12. The van der Waals surface area contributed by atoms with Crippen molar-refractivity contribution in [3.05, 3.63) is 64.8 Å². The van der Waals surface area contributed by atoms with Gasteiger partial charge >= 0.3 is 0 Å². The number of aryl methyl sites for hydroxylation is 2. The molecule has 3 aromatic rings. The van der Waals surface area contributed by atoms with E-state index >= 15 is 0 Å². The van der Waals surface area contributed by atoms with E-state index in [4.69, 9.17) is 21.1 Å². The van der Waals surface area contributed by atoms with E-state index in [2.05, 4.69) is 20.6 Å². The molecule has 0 spiro atoms. The minimum atomic E-state index is 0.505. The lowest BCUT2D eigenvalue weighted by atomic mass is 10.2. The van der Waals surface area contributed by atoms with Crippen LogP contribution in [0, 0.1) is 13.8 Å². The minimum absolute atomic E-state index is 0.505. The second-order valence-electron chi connectivity index (χ2n) is 6.25. The van der Waals surface area contributed by atoms with Crippen LogP contribution in [0.2, 0.25) is 5.02 Å². The van der Waals surface area contributed by atoms with Crippen LogP contribution in [0.4, 0.5) is 17.5 Å². The summed E-state index contributed by atoms with van der Waals surface area (Å²) in [5.41, 5.74) is 2.81. The van der Waals surface area contributed by atoms with Crippen molar-refractivity contribution in [3.63, 3.8) is 0 Å². The molecule has 6 nitrogen and oxygen atoms in total. The third-order valence-electron chi connectivity index (χ3n) is 4.04. The van der Waals surface area contributed by atoms with Crippen LogP contribution in [0.25, 0.3) is 0 Å². The van der Waals surface area contributed by atoms with Crippen molar-refractivity contribution >= 4 is 29.1 Å². The summed E-state index contributed by atoms with van der Waals surface area (Å²) in [6, 6.07) is 15.1. The summed E-state index contributed by atoms with van der Waals surface area (Å²) >= 11 is 6.08. The Morgan fingerprint density at radius 1 is 0.964 bits per heavy atom.